The Bertz CT molecular complexity index is 1140. The van der Waals surface area contributed by atoms with Crippen molar-refractivity contribution in [3.05, 3.63) is 84.0 Å². The minimum atomic E-state index is -0.208. The van der Waals surface area contributed by atoms with Gasteiger partial charge in [0.2, 0.25) is 11.6 Å². The van der Waals surface area contributed by atoms with Crippen molar-refractivity contribution in [2.45, 2.75) is 25.7 Å². The number of aliphatic imine (C=N–C) groups is 2. The molecule has 162 valence electrons. The average Bonchev–Trinajstić information content (AvgIpc) is 3.13. The van der Waals surface area contributed by atoms with Crippen molar-refractivity contribution in [2.75, 3.05) is 0 Å². The number of nitrogens with two attached hydrogens (primary N) is 2. The number of carbonyl (C=O) groups excluding carboxylic acids is 1. The average molecular weight is 429 g/mol. The minimum Gasteiger partial charge on any atom is -0.457 e. The minimum absolute atomic E-state index is 0.00648. The van der Waals surface area contributed by atoms with Gasteiger partial charge in [0.1, 0.15) is 23.4 Å². The van der Waals surface area contributed by atoms with Gasteiger partial charge in [0.15, 0.2) is 0 Å². The normalized spacial score (nSPS) is 26.6. The van der Waals surface area contributed by atoms with E-state index in [2.05, 4.69) is 4.99 Å². The first-order valence-corrected chi connectivity index (χ1v) is 10.9. The molecule has 1 atom stereocenters. The van der Waals surface area contributed by atoms with E-state index >= 15 is 0 Å². The topological polar surface area (TPSA) is 103 Å². The molecule has 7 heteroatoms. The molecule has 2 aromatic carbocycles. The number of amides is 1. The van der Waals surface area contributed by atoms with E-state index in [0.29, 0.717) is 0 Å². The van der Waals surface area contributed by atoms with Crippen molar-refractivity contribution >= 4 is 18.0 Å². The summed E-state index contributed by atoms with van der Waals surface area (Å²) in [5.74, 6) is 9.10. The maximum Gasteiger partial charge on any atom is 0.264 e. The first-order chi connectivity index (χ1) is 15.5. The molecule has 3 aliphatic rings. The van der Waals surface area contributed by atoms with Crippen molar-refractivity contribution in [3.63, 3.8) is 0 Å². The highest BCUT2D eigenvalue weighted by atomic mass is 16.5. The fraction of sp³-hybridized carbons (Fsp3) is 0.240. The molecule has 5 rings (SSSR count). The van der Waals surface area contributed by atoms with Crippen LogP contribution in [0.15, 0.2) is 88.4 Å². The Labute approximate surface area is 187 Å². The summed E-state index contributed by atoms with van der Waals surface area (Å²) in [4.78, 5) is 20.9. The first kappa shape index (κ1) is 20.4. The molecule has 0 saturated heterocycles. The lowest BCUT2D eigenvalue weighted by Gasteiger charge is -2.28. The number of para-hydroxylation sites is 1. The van der Waals surface area contributed by atoms with Crippen LogP contribution in [-0.4, -0.2) is 22.5 Å². The van der Waals surface area contributed by atoms with Crippen LogP contribution in [0, 0.1) is 11.8 Å². The standard InChI is InChI=1S/C25H25N5O2/c26-24(31)18-8-6-17(7-9-18)23-22-16-28-14-15-30(22,27)25(29-23)19-10-12-21(13-11-19)32-20-4-2-1-3-5-20/h1-5,10-18H,6-9,27H2,(H-,26,31)/p+1. The maximum absolute atomic E-state index is 11.6. The summed E-state index contributed by atoms with van der Waals surface area (Å²) in [6.07, 6.45) is 8.66. The largest absolute Gasteiger partial charge is 0.457 e. The van der Waals surface area contributed by atoms with E-state index in [-0.39, 0.29) is 22.3 Å². The fourth-order valence-corrected chi connectivity index (χ4v) is 4.65. The second kappa shape index (κ2) is 8.18. The first-order valence-electron chi connectivity index (χ1n) is 10.9. The van der Waals surface area contributed by atoms with Gasteiger partial charge in [-0.1, -0.05) is 18.2 Å². The number of benzene rings is 2. The summed E-state index contributed by atoms with van der Waals surface area (Å²) in [6.45, 7) is 0. The van der Waals surface area contributed by atoms with Crippen LogP contribution < -0.4 is 16.3 Å². The highest BCUT2D eigenvalue weighted by Gasteiger charge is 2.46. The zero-order valence-corrected chi connectivity index (χ0v) is 17.7. The van der Waals surface area contributed by atoms with Crippen LogP contribution in [0.4, 0.5) is 0 Å². The van der Waals surface area contributed by atoms with E-state index < -0.39 is 0 Å². The zero-order chi connectivity index (χ0) is 22.1. The van der Waals surface area contributed by atoms with Gasteiger partial charge in [-0.15, -0.1) is 4.59 Å². The van der Waals surface area contributed by atoms with Crippen LogP contribution in [0.3, 0.4) is 0 Å². The summed E-state index contributed by atoms with van der Waals surface area (Å²) in [5, 5.41) is 0. The van der Waals surface area contributed by atoms with E-state index in [0.717, 1.165) is 60.0 Å². The smallest absolute Gasteiger partial charge is 0.264 e. The number of allylic oxidation sites excluding steroid dienone is 2. The highest BCUT2D eigenvalue weighted by Crippen LogP contribution is 2.41. The van der Waals surface area contributed by atoms with E-state index in [4.69, 9.17) is 21.3 Å². The summed E-state index contributed by atoms with van der Waals surface area (Å²) in [7, 11) is 0. The maximum atomic E-state index is 11.6. The number of nitrogens with zero attached hydrogens (tertiary/aromatic N) is 3. The Morgan fingerprint density at radius 3 is 2.34 bits per heavy atom. The number of fused-ring (bicyclic) bond motifs is 1. The van der Waals surface area contributed by atoms with Crippen LogP contribution in [0.2, 0.25) is 0 Å². The third-order valence-corrected chi connectivity index (χ3v) is 6.43. The quantitative estimate of drug-likeness (QED) is 0.556. The third-order valence-electron chi connectivity index (χ3n) is 6.43. The zero-order valence-electron chi connectivity index (χ0n) is 17.7. The SMILES string of the molecule is NC(=O)C1CCC(C2=C3C=NC=C[N+]3(N)C(c3ccc(Oc4ccccc4)cc3)=N2)CC1. The molecule has 1 unspecified atom stereocenters. The Morgan fingerprint density at radius 2 is 1.66 bits per heavy atom. The molecule has 1 fully saturated rings. The molecule has 2 heterocycles. The molecular formula is C25H26N5O2+. The van der Waals surface area contributed by atoms with Crippen molar-refractivity contribution in [2.24, 2.45) is 33.4 Å². The number of hydrogen-bond donors (Lipinski definition) is 2. The van der Waals surface area contributed by atoms with Crippen molar-refractivity contribution in [1.82, 2.24) is 0 Å². The molecule has 1 amide bonds. The number of primary amides is 1. The number of rotatable bonds is 5. The summed E-state index contributed by atoms with van der Waals surface area (Å²) in [5.41, 5.74) is 8.28. The number of amidine groups is 1. The molecule has 2 aliphatic heterocycles. The monoisotopic (exact) mass is 428 g/mol. The van der Waals surface area contributed by atoms with E-state index in [1.165, 1.54) is 0 Å². The number of ether oxygens (including phenoxy) is 1. The van der Waals surface area contributed by atoms with Crippen LogP contribution in [0.5, 0.6) is 11.5 Å². The van der Waals surface area contributed by atoms with Gasteiger partial charge in [0.05, 0.1) is 18.0 Å². The number of quaternary nitrogens is 1. The van der Waals surface area contributed by atoms with Crippen LogP contribution in [0.25, 0.3) is 0 Å². The fourth-order valence-electron chi connectivity index (χ4n) is 4.65. The molecular weight excluding hydrogens is 402 g/mol. The van der Waals surface area contributed by atoms with Gasteiger partial charge in [-0.25, -0.2) is 0 Å². The van der Waals surface area contributed by atoms with Gasteiger partial charge in [0.25, 0.3) is 5.84 Å². The molecule has 32 heavy (non-hydrogen) atoms. The molecule has 4 N–H and O–H groups in total. The highest BCUT2D eigenvalue weighted by molar-refractivity contribution is 6.00. The summed E-state index contributed by atoms with van der Waals surface area (Å²) in [6, 6.07) is 17.5. The van der Waals surface area contributed by atoms with Gasteiger partial charge in [-0.2, -0.15) is 10.8 Å². The van der Waals surface area contributed by atoms with E-state index in [1.54, 1.807) is 12.4 Å². The van der Waals surface area contributed by atoms with Crippen molar-refractivity contribution < 1.29 is 14.1 Å². The van der Waals surface area contributed by atoms with Gasteiger partial charge < -0.3 is 10.5 Å². The van der Waals surface area contributed by atoms with Crippen LogP contribution in [-0.2, 0) is 4.79 Å². The van der Waals surface area contributed by atoms with Gasteiger partial charge in [0, 0.05) is 11.8 Å². The van der Waals surface area contributed by atoms with E-state index in [1.807, 2.05) is 60.8 Å². The Morgan fingerprint density at radius 1 is 0.969 bits per heavy atom. The Hall–Kier alpha value is -3.55. The molecule has 1 aliphatic carbocycles. The van der Waals surface area contributed by atoms with E-state index in [9.17, 15) is 4.79 Å². The number of carbonyl (C=O) groups is 1. The predicted octanol–water partition coefficient (Wildman–Crippen LogP) is 3.99. The molecule has 1 saturated carbocycles. The molecule has 0 bridgehead atoms. The molecule has 7 nitrogen and oxygen atoms in total. The third kappa shape index (κ3) is 3.66. The summed E-state index contributed by atoms with van der Waals surface area (Å²) < 4.78 is 5.91. The van der Waals surface area contributed by atoms with Crippen molar-refractivity contribution in [3.8, 4) is 11.5 Å². The summed E-state index contributed by atoms with van der Waals surface area (Å²) >= 11 is 0. The Balaban J connectivity index is 1.42. The lowest BCUT2D eigenvalue weighted by atomic mass is 9.80. The van der Waals surface area contributed by atoms with Gasteiger partial charge in [-0.05, 0) is 62.1 Å². The molecule has 2 aromatic rings. The van der Waals surface area contributed by atoms with Crippen LogP contribution >= 0.6 is 0 Å². The lowest BCUT2D eigenvalue weighted by molar-refractivity contribution is -0.750. The Kier molecular flexibility index (Phi) is 5.20. The lowest BCUT2D eigenvalue weighted by Crippen LogP contribution is -2.53. The second-order valence-electron chi connectivity index (χ2n) is 8.45. The van der Waals surface area contributed by atoms with Crippen molar-refractivity contribution in [1.29, 1.82) is 0 Å². The predicted molar refractivity (Wildman–Crippen MR) is 123 cm³/mol. The van der Waals surface area contributed by atoms with Crippen LogP contribution in [0.1, 0.15) is 31.2 Å². The molecule has 0 radical (unpaired) electrons. The second-order valence-corrected chi connectivity index (χ2v) is 8.45. The van der Waals surface area contributed by atoms with Gasteiger partial charge in [-0.3, -0.25) is 9.79 Å². The molecule has 0 spiro atoms. The van der Waals surface area contributed by atoms with Gasteiger partial charge >= 0.3 is 0 Å². The number of hydrogen-bond acceptors (Lipinski definition) is 5. The molecule has 0 aromatic heterocycles.